The van der Waals surface area contributed by atoms with Crippen molar-refractivity contribution in [2.45, 2.75) is 45.8 Å². The van der Waals surface area contributed by atoms with Crippen LogP contribution in [0.4, 0.5) is 0 Å². The lowest BCUT2D eigenvalue weighted by atomic mass is 10.1. The van der Waals surface area contributed by atoms with Gasteiger partial charge in [-0.3, -0.25) is 4.40 Å². The van der Waals surface area contributed by atoms with Crippen molar-refractivity contribution in [1.29, 1.82) is 0 Å². The predicted molar refractivity (Wildman–Crippen MR) is 82.2 cm³/mol. The second-order valence-corrected chi connectivity index (χ2v) is 7.31. The first-order valence-electron chi connectivity index (χ1n) is 7.35. The Bertz CT molecular complexity index is 604. The number of aliphatic hydroxyl groups is 1. The van der Waals surface area contributed by atoms with Crippen LogP contribution in [0.5, 0.6) is 0 Å². The SMILES string of the molecule is Cc1cn2c(CN(C)CC3CCCC3O)c(C)nc2s1. The lowest BCUT2D eigenvalue weighted by Crippen LogP contribution is -2.30. The van der Waals surface area contributed by atoms with E-state index in [0.717, 1.165) is 36.6 Å². The summed E-state index contributed by atoms with van der Waals surface area (Å²) in [5.74, 6) is 0.438. The van der Waals surface area contributed by atoms with Crippen molar-refractivity contribution >= 4 is 16.3 Å². The molecule has 5 heteroatoms. The second-order valence-electron chi connectivity index (χ2n) is 6.09. The minimum atomic E-state index is -0.104. The largest absolute Gasteiger partial charge is 0.393 e. The van der Waals surface area contributed by atoms with Crippen LogP contribution >= 0.6 is 11.3 Å². The topological polar surface area (TPSA) is 40.8 Å². The number of nitrogens with zero attached hydrogens (tertiary/aromatic N) is 3. The van der Waals surface area contributed by atoms with Gasteiger partial charge in [-0.15, -0.1) is 11.3 Å². The van der Waals surface area contributed by atoms with Crippen LogP contribution in [0, 0.1) is 19.8 Å². The summed E-state index contributed by atoms with van der Waals surface area (Å²) in [5, 5.41) is 9.95. The number of hydrogen-bond acceptors (Lipinski definition) is 4. The summed E-state index contributed by atoms with van der Waals surface area (Å²) in [6.07, 6.45) is 5.36. The highest BCUT2D eigenvalue weighted by Gasteiger charge is 2.26. The third-order valence-electron chi connectivity index (χ3n) is 4.33. The van der Waals surface area contributed by atoms with Gasteiger partial charge in [0.05, 0.1) is 17.5 Å². The number of thiazole rings is 1. The molecule has 0 saturated heterocycles. The average Bonchev–Trinajstić information content (AvgIpc) is 2.99. The van der Waals surface area contributed by atoms with Crippen LogP contribution in [0.1, 0.15) is 35.5 Å². The lowest BCUT2D eigenvalue weighted by molar-refractivity contribution is 0.107. The van der Waals surface area contributed by atoms with Gasteiger partial charge in [0, 0.05) is 24.2 Å². The molecule has 110 valence electrons. The Morgan fingerprint density at radius 3 is 2.95 bits per heavy atom. The Morgan fingerprint density at radius 2 is 2.25 bits per heavy atom. The molecule has 1 N–H and O–H groups in total. The zero-order chi connectivity index (χ0) is 14.3. The van der Waals surface area contributed by atoms with E-state index in [2.05, 4.69) is 41.4 Å². The molecule has 3 rings (SSSR count). The van der Waals surface area contributed by atoms with E-state index in [1.807, 2.05) is 0 Å². The minimum Gasteiger partial charge on any atom is -0.393 e. The van der Waals surface area contributed by atoms with Gasteiger partial charge >= 0.3 is 0 Å². The molecule has 2 unspecified atom stereocenters. The summed E-state index contributed by atoms with van der Waals surface area (Å²) in [5.41, 5.74) is 2.40. The van der Waals surface area contributed by atoms with E-state index in [9.17, 15) is 5.11 Å². The molecule has 0 amide bonds. The molecule has 2 aromatic rings. The quantitative estimate of drug-likeness (QED) is 0.942. The van der Waals surface area contributed by atoms with Crippen LogP contribution in [0.15, 0.2) is 6.20 Å². The number of rotatable bonds is 4. The average molecular weight is 293 g/mol. The van der Waals surface area contributed by atoms with E-state index in [0.29, 0.717) is 5.92 Å². The van der Waals surface area contributed by atoms with Gasteiger partial charge in [-0.05, 0) is 39.7 Å². The highest BCUT2D eigenvalue weighted by Crippen LogP contribution is 2.27. The minimum absolute atomic E-state index is 0.104. The van der Waals surface area contributed by atoms with Crippen molar-refractivity contribution in [3.8, 4) is 0 Å². The van der Waals surface area contributed by atoms with Crippen LogP contribution in [0.25, 0.3) is 4.96 Å². The predicted octanol–water partition coefficient (Wildman–Crippen LogP) is 2.61. The van der Waals surface area contributed by atoms with Crippen LogP contribution in [0.2, 0.25) is 0 Å². The Morgan fingerprint density at radius 1 is 1.45 bits per heavy atom. The maximum absolute atomic E-state index is 9.95. The van der Waals surface area contributed by atoms with E-state index >= 15 is 0 Å². The summed E-state index contributed by atoms with van der Waals surface area (Å²) in [7, 11) is 2.14. The Hall–Kier alpha value is -0.910. The number of aromatic nitrogens is 2. The fourth-order valence-electron chi connectivity index (χ4n) is 3.25. The molecular formula is C15H23N3OS. The second kappa shape index (κ2) is 5.47. The highest BCUT2D eigenvalue weighted by atomic mass is 32.1. The molecule has 4 nitrogen and oxygen atoms in total. The Kier molecular flexibility index (Phi) is 3.84. The third kappa shape index (κ3) is 2.62. The van der Waals surface area contributed by atoms with E-state index in [-0.39, 0.29) is 6.10 Å². The van der Waals surface area contributed by atoms with Gasteiger partial charge in [0.1, 0.15) is 0 Å². The van der Waals surface area contributed by atoms with Gasteiger partial charge in [0.25, 0.3) is 0 Å². The molecule has 1 aliphatic rings. The molecule has 1 aliphatic carbocycles. The van der Waals surface area contributed by atoms with Crippen molar-refractivity contribution in [3.05, 3.63) is 22.5 Å². The zero-order valence-electron chi connectivity index (χ0n) is 12.5. The molecule has 0 aromatic carbocycles. The first-order valence-corrected chi connectivity index (χ1v) is 8.17. The molecule has 0 spiro atoms. The zero-order valence-corrected chi connectivity index (χ0v) is 13.3. The van der Waals surface area contributed by atoms with Crippen molar-refractivity contribution in [1.82, 2.24) is 14.3 Å². The molecule has 0 aliphatic heterocycles. The van der Waals surface area contributed by atoms with Crippen LogP contribution < -0.4 is 0 Å². The van der Waals surface area contributed by atoms with Crippen molar-refractivity contribution in [3.63, 3.8) is 0 Å². The fraction of sp³-hybridized carbons (Fsp3) is 0.667. The van der Waals surface area contributed by atoms with Gasteiger partial charge in [0.2, 0.25) is 0 Å². The van der Waals surface area contributed by atoms with Crippen molar-refractivity contribution in [2.24, 2.45) is 5.92 Å². The standard InChI is InChI=1S/C15H23N3OS/c1-10-7-18-13(11(2)16-15(18)20-10)9-17(3)8-12-5-4-6-14(12)19/h7,12,14,19H,4-6,8-9H2,1-3H3. The molecule has 2 atom stereocenters. The Labute approximate surface area is 124 Å². The summed E-state index contributed by atoms with van der Waals surface area (Å²) in [6, 6.07) is 0. The summed E-state index contributed by atoms with van der Waals surface area (Å²) < 4.78 is 2.22. The monoisotopic (exact) mass is 293 g/mol. The van der Waals surface area contributed by atoms with Crippen molar-refractivity contribution < 1.29 is 5.11 Å². The molecule has 0 bridgehead atoms. The van der Waals surface area contributed by atoms with Gasteiger partial charge < -0.3 is 10.0 Å². The third-order valence-corrected chi connectivity index (χ3v) is 5.22. The molecule has 1 saturated carbocycles. The van der Waals surface area contributed by atoms with E-state index in [1.54, 1.807) is 11.3 Å². The highest BCUT2D eigenvalue weighted by molar-refractivity contribution is 7.17. The molecule has 0 radical (unpaired) electrons. The maximum atomic E-state index is 9.95. The lowest BCUT2D eigenvalue weighted by Gasteiger charge is -2.23. The first-order chi connectivity index (χ1) is 9.54. The molecular weight excluding hydrogens is 270 g/mol. The van der Waals surface area contributed by atoms with Crippen molar-refractivity contribution in [2.75, 3.05) is 13.6 Å². The van der Waals surface area contributed by atoms with Gasteiger partial charge in [-0.1, -0.05) is 6.42 Å². The molecule has 2 aromatic heterocycles. The van der Waals surface area contributed by atoms with Gasteiger partial charge in [0.15, 0.2) is 4.96 Å². The van der Waals surface area contributed by atoms with Crippen LogP contribution in [0.3, 0.4) is 0 Å². The summed E-state index contributed by atoms with van der Waals surface area (Å²) in [6.45, 7) is 6.07. The van der Waals surface area contributed by atoms with Gasteiger partial charge in [-0.25, -0.2) is 4.98 Å². The van der Waals surface area contributed by atoms with E-state index in [4.69, 9.17) is 0 Å². The number of aliphatic hydroxyl groups excluding tert-OH is 1. The number of hydrogen-bond donors (Lipinski definition) is 1. The molecule has 1 fully saturated rings. The molecule has 20 heavy (non-hydrogen) atoms. The van der Waals surface area contributed by atoms with Gasteiger partial charge in [-0.2, -0.15) is 0 Å². The normalized spacial score (nSPS) is 23.2. The van der Waals surface area contributed by atoms with E-state index < -0.39 is 0 Å². The first kappa shape index (κ1) is 14.0. The smallest absolute Gasteiger partial charge is 0.194 e. The summed E-state index contributed by atoms with van der Waals surface area (Å²) in [4.78, 5) is 9.34. The number of imidazole rings is 1. The number of aryl methyl sites for hydroxylation is 2. The number of fused-ring (bicyclic) bond motifs is 1. The van der Waals surface area contributed by atoms with Crippen LogP contribution in [-0.2, 0) is 6.54 Å². The van der Waals surface area contributed by atoms with E-state index in [1.165, 1.54) is 17.0 Å². The Balaban J connectivity index is 1.73. The van der Waals surface area contributed by atoms with Crippen LogP contribution in [-0.4, -0.2) is 39.1 Å². The maximum Gasteiger partial charge on any atom is 0.194 e. The molecule has 2 heterocycles. The summed E-state index contributed by atoms with van der Waals surface area (Å²) >= 11 is 1.74. The fourth-order valence-corrected chi connectivity index (χ4v) is 4.14.